The minimum Gasteiger partial charge on any atom is -0.484 e. The van der Waals surface area contributed by atoms with Crippen LogP contribution in [0.1, 0.15) is 6.42 Å². The van der Waals surface area contributed by atoms with Gasteiger partial charge in [0, 0.05) is 29.5 Å². The van der Waals surface area contributed by atoms with E-state index in [0.717, 1.165) is 12.1 Å². The number of hydrogen-bond acceptors (Lipinski definition) is 3. The first-order chi connectivity index (χ1) is 12.1. The third-order valence-electron chi connectivity index (χ3n) is 3.73. The molecule has 2 aromatic rings. The van der Waals surface area contributed by atoms with Crippen LogP contribution in [0.4, 0.5) is 16.2 Å². The fraction of sp³-hybridized carbons (Fsp3) is 0.222. The van der Waals surface area contributed by atoms with Gasteiger partial charge in [-0.05, 0) is 55.0 Å². The predicted octanol–water partition coefficient (Wildman–Crippen LogP) is 3.28. The number of urea groups is 1. The topological polar surface area (TPSA) is 70.7 Å². The van der Waals surface area contributed by atoms with E-state index in [1.807, 2.05) is 0 Å². The van der Waals surface area contributed by atoms with Gasteiger partial charge in [0.1, 0.15) is 5.75 Å². The van der Waals surface area contributed by atoms with Gasteiger partial charge in [-0.3, -0.25) is 9.69 Å². The van der Waals surface area contributed by atoms with Crippen molar-refractivity contribution in [2.24, 2.45) is 0 Å². The molecule has 130 valence electrons. The maximum atomic E-state index is 12.0. The Morgan fingerprint density at radius 2 is 1.88 bits per heavy atom. The second-order valence-corrected chi connectivity index (χ2v) is 6.01. The molecule has 2 aromatic carbocycles. The lowest BCUT2D eigenvalue weighted by Gasteiger charge is -2.27. The molecule has 1 fully saturated rings. The Balaban J connectivity index is 1.53. The number of ether oxygens (including phenoxy) is 1. The van der Waals surface area contributed by atoms with Crippen molar-refractivity contribution < 1.29 is 14.3 Å². The number of hydrogen-bond donors (Lipinski definition) is 2. The standard InChI is InChI=1S/C18H18ClN3O3/c19-13-2-8-16(9-3-13)25-12-17(23)21-14-4-6-15(7-5-14)22-11-1-10-20-18(22)24/h2-9H,1,10-12H2,(H,20,24)(H,21,23). The molecule has 1 aliphatic rings. The zero-order valence-corrected chi connectivity index (χ0v) is 14.3. The molecule has 7 heteroatoms. The van der Waals surface area contributed by atoms with Gasteiger partial charge in [-0.2, -0.15) is 0 Å². The number of benzene rings is 2. The summed E-state index contributed by atoms with van der Waals surface area (Å²) in [5.41, 5.74) is 1.44. The average molecular weight is 360 g/mol. The monoisotopic (exact) mass is 359 g/mol. The Kier molecular flexibility index (Phi) is 5.40. The number of carbonyl (C=O) groups excluding carboxylic acids is 2. The van der Waals surface area contributed by atoms with Crippen molar-refractivity contribution in [2.75, 3.05) is 29.9 Å². The summed E-state index contributed by atoms with van der Waals surface area (Å²) in [6, 6.07) is 13.8. The molecule has 2 N–H and O–H groups in total. The zero-order chi connectivity index (χ0) is 17.6. The van der Waals surface area contributed by atoms with Crippen LogP contribution in [-0.4, -0.2) is 31.6 Å². The molecule has 0 saturated carbocycles. The van der Waals surface area contributed by atoms with Crippen LogP contribution in [0.25, 0.3) is 0 Å². The van der Waals surface area contributed by atoms with Crippen molar-refractivity contribution in [1.29, 1.82) is 0 Å². The zero-order valence-electron chi connectivity index (χ0n) is 13.5. The smallest absolute Gasteiger partial charge is 0.321 e. The Morgan fingerprint density at radius 1 is 1.16 bits per heavy atom. The molecule has 1 heterocycles. The summed E-state index contributed by atoms with van der Waals surface area (Å²) in [5.74, 6) is 0.310. The van der Waals surface area contributed by atoms with Gasteiger partial charge in [0.25, 0.3) is 5.91 Å². The van der Waals surface area contributed by atoms with E-state index < -0.39 is 0 Å². The van der Waals surface area contributed by atoms with E-state index in [1.165, 1.54) is 0 Å². The molecule has 0 spiro atoms. The Morgan fingerprint density at radius 3 is 2.56 bits per heavy atom. The number of carbonyl (C=O) groups is 2. The first-order valence-corrected chi connectivity index (χ1v) is 8.33. The molecule has 0 radical (unpaired) electrons. The quantitative estimate of drug-likeness (QED) is 0.860. The van der Waals surface area contributed by atoms with E-state index in [9.17, 15) is 9.59 Å². The second kappa shape index (κ2) is 7.90. The van der Waals surface area contributed by atoms with Gasteiger partial charge in [-0.15, -0.1) is 0 Å². The summed E-state index contributed by atoms with van der Waals surface area (Å²) in [5, 5.41) is 6.17. The van der Waals surface area contributed by atoms with Crippen molar-refractivity contribution in [3.8, 4) is 5.75 Å². The first-order valence-electron chi connectivity index (χ1n) is 7.95. The number of amides is 3. The molecule has 0 unspecified atom stereocenters. The Labute approximate surface area is 150 Å². The van der Waals surface area contributed by atoms with Gasteiger partial charge in [-0.25, -0.2) is 4.79 Å². The molecule has 0 bridgehead atoms. The van der Waals surface area contributed by atoms with E-state index >= 15 is 0 Å². The van der Waals surface area contributed by atoms with Crippen LogP contribution in [0.3, 0.4) is 0 Å². The Hall–Kier alpha value is -2.73. The van der Waals surface area contributed by atoms with E-state index in [1.54, 1.807) is 53.4 Å². The third kappa shape index (κ3) is 4.64. The van der Waals surface area contributed by atoms with Crippen LogP contribution in [0.15, 0.2) is 48.5 Å². The molecular weight excluding hydrogens is 342 g/mol. The largest absolute Gasteiger partial charge is 0.484 e. The molecular formula is C18H18ClN3O3. The van der Waals surface area contributed by atoms with Gasteiger partial charge in [0.05, 0.1) is 0 Å². The summed E-state index contributed by atoms with van der Waals surface area (Å²) in [7, 11) is 0. The van der Waals surface area contributed by atoms with Crippen molar-refractivity contribution >= 4 is 34.9 Å². The van der Waals surface area contributed by atoms with Crippen LogP contribution >= 0.6 is 11.6 Å². The molecule has 3 amide bonds. The molecule has 0 aromatic heterocycles. The van der Waals surface area contributed by atoms with Crippen LogP contribution in [0.2, 0.25) is 5.02 Å². The highest BCUT2D eigenvalue weighted by atomic mass is 35.5. The van der Waals surface area contributed by atoms with Gasteiger partial charge in [-0.1, -0.05) is 11.6 Å². The minimum atomic E-state index is -0.265. The number of nitrogens with zero attached hydrogens (tertiary/aromatic N) is 1. The molecule has 6 nitrogen and oxygen atoms in total. The normalized spacial score (nSPS) is 14.0. The maximum Gasteiger partial charge on any atom is 0.321 e. The summed E-state index contributed by atoms with van der Waals surface area (Å²) < 4.78 is 5.40. The minimum absolute atomic E-state index is 0.0978. The van der Waals surface area contributed by atoms with Crippen LogP contribution in [0, 0.1) is 0 Å². The molecule has 1 aliphatic heterocycles. The second-order valence-electron chi connectivity index (χ2n) is 5.57. The molecule has 0 atom stereocenters. The average Bonchev–Trinajstić information content (AvgIpc) is 2.62. The lowest BCUT2D eigenvalue weighted by molar-refractivity contribution is -0.118. The van der Waals surface area contributed by atoms with E-state index in [4.69, 9.17) is 16.3 Å². The van der Waals surface area contributed by atoms with Crippen LogP contribution in [0.5, 0.6) is 5.75 Å². The van der Waals surface area contributed by atoms with Gasteiger partial charge in [0.15, 0.2) is 6.61 Å². The lowest BCUT2D eigenvalue weighted by Crippen LogP contribution is -2.46. The van der Waals surface area contributed by atoms with Crippen molar-refractivity contribution in [2.45, 2.75) is 6.42 Å². The number of rotatable bonds is 5. The van der Waals surface area contributed by atoms with Crippen molar-refractivity contribution in [3.63, 3.8) is 0 Å². The van der Waals surface area contributed by atoms with Crippen molar-refractivity contribution in [1.82, 2.24) is 5.32 Å². The maximum absolute atomic E-state index is 12.0. The highest BCUT2D eigenvalue weighted by Crippen LogP contribution is 2.20. The number of anilines is 2. The molecule has 1 saturated heterocycles. The number of nitrogens with one attached hydrogen (secondary N) is 2. The third-order valence-corrected chi connectivity index (χ3v) is 3.98. The predicted molar refractivity (Wildman–Crippen MR) is 97.4 cm³/mol. The SMILES string of the molecule is O=C(COc1ccc(Cl)cc1)Nc1ccc(N2CCCNC2=O)cc1. The summed E-state index contributed by atoms with van der Waals surface area (Å²) >= 11 is 5.80. The highest BCUT2D eigenvalue weighted by Gasteiger charge is 2.18. The Bertz CT molecular complexity index is 747. The molecule has 3 rings (SSSR count). The fourth-order valence-electron chi connectivity index (χ4n) is 2.48. The van der Waals surface area contributed by atoms with Gasteiger partial charge in [0.2, 0.25) is 0 Å². The van der Waals surface area contributed by atoms with Crippen LogP contribution in [-0.2, 0) is 4.79 Å². The highest BCUT2D eigenvalue weighted by molar-refractivity contribution is 6.30. The summed E-state index contributed by atoms with van der Waals surface area (Å²) in [6.45, 7) is 1.29. The van der Waals surface area contributed by atoms with E-state index in [-0.39, 0.29) is 18.5 Å². The first kappa shape index (κ1) is 17.1. The van der Waals surface area contributed by atoms with Gasteiger partial charge >= 0.3 is 6.03 Å². The van der Waals surface area contributed by atoms with Gasteiger partial charge < -0.3 is 15.4 Å². The summed E-state index contributed by atoms with van der Waals surface area (Å²) in [4.78, 5) is 25.5. The van der Waals surface area contributed by atoms with Crippen molar-refractivity contribution in [3.05, 3.63) is 53.6 Å². The lowest BCUT2D eigenvalue weighted by atomic mass is 10.2. The number of halogens is 1. The molecule has 25 heavy (non-hydrogen) atoms. The molecule has 0 aliphatic carbocycles. The van der Waals surface area contributed by atoms with E-state index in [2.05, 4.69) is 10.6 Å². The van der Waals surface area contributed by atoms with E-state index in [0.29, 0.717) is 29.5 Å². The fourth-order valence-corrected chi connectivity index (χ4v) is 2.60. The van der Waals surface area contributed by atoms with Crippen LogP contribution < -0.4 is 20.3 Å². The summed E-state index contributed by atoms with van der Waals surface area (Å²) in [6.07, 6.45) is 0.909.